The van der Waals surface area contributed by atoms with E-state index in [0.717, 1.165) is 4.88 Å². The first-order chi connectivity index (χ1) is 6.97. The van der Waals surface area contributed by atoms with Crippen molar-refractivity contribution in [1.82, 2.24) is 5.32 Å². The summed E-state index contributed by atoms with van der Waals surface area (Å²) in [6, 6.07) is -0.418. The second kappa shape index (κ2) is 4.31. The van der Waals surface area contributed by atoms with E-state index in [1.54, 1.807) is 6.92 Å². The Bertz CT molecular complexity index is 412. The zero-order chi connectivity index (χ0) is 11.6. The van der Waals surface area contributed by atoms with Gasteiger partial charge in [-0.15, -0.1) is 11.3 Å². The molecule has 1 aromatic rings. The Balaban J connectivity index is 3.12. The van der Waals surface area contributed by atoms with Gasteiger partial charge in [0.25, 0.3) is 0 Å². The third-order valence-corrected chi connectivity index (χ3v) is 3.18. The van der Waals surface area contributed by atoms with Gasteiger partial charge in [-0.1, -0.05) is 0 Å². The summed E-state index contributed by atoms with van der Waals surface area (Å²) in [6.45, 7) is 3.55. The molecule has 0 aliphatic rings. The number of hydrogen-bond acceptors (Lipinski definition) is 3. The Hall–Kier alpha value is -1.56. The molecule has 2 amide bonds. The van der Waals surface area contributed by atoms with Gasteiger partial charge in [-0.3, -0.25) is 5.32 Å². The molecule has 0 saturated carbocycles. The van der Waals surface area contributed by atoms with Gasteiger partial charge in [0, 0.05) is 11.9 Å². The lowest BCUT2D eigenvalue weighted by molar-refractivity contribution is 0.0697. The normalized spacial score (nSPS) is 9.80. The summed E-state index contributed by atoms with van der Waals surface area (Å²) in [4.78, 5) is 22.9. The van der Waals surface area contributed by atoms with Crippen LogP contribution in [0.25, 0.3) is 0 Å². The summed E-state index contributed by atoms with van der Waals surface area (Å²) in [5, 5.41) is 14.2. The fourth-order valence-corrected chi connectivity index (χ4v) is 2.19. The molecule has 0 fully saturated rings. The summed E-state index contributed by atoms with van der Waals surface area (Å²) in [7, 11) is 1.48. The van der Waals surface area contributed by atoms with Crippen molar-refractivity contribution in [3.63, 3.8) is 0 Å². The number of amides is 2. The molecule has 1 heterocycles. The van der Waals surface area contributed by atoms with Crippen LogP contribution >= 0.6 is 11.3 Å². The highest BCUT2D eigenvalue weighted by atomic mass is 32.1. The number of carbonyl (C=O) groups excluding carboxylic acids is 1. The van der Waals surface area contributed by atoms with Crippen LogP contribution in [0.3, 0.4) is 0 Å². The molecule has 0 aliphatic carbocycles. The summed E-state index contributed by atoms with van der Waals surface area (Å²) in [6.07, 6.45) is 0. The lowest BCUT2D eigenvalue weighted by Crippen LogP contribution is -2.24. The number of thiophene rings is 1. The van der Waals surface area contributed by atoms with Crippen LogP contribution in [0.1, 0.15) is 20.8 Å². The van der Waals surface area contributed by atoms with E-state index in [4.69, 9.17) is 5.11 Å². The minimum Gasteiger partial charge on any atom is -0.478 e. The van der Waals surface area contributed by atoms with Gasteiger partial charge in [0.1, 0.15) is 5.00 Å². The third kappa shape index (κ3) is 2.27. The summed E-state index contributed by atoms with van der Waals surface area (Å²) in [5.41, 5.74) is 0.861. The highest BCUT2D eigenvalue weighted by Crippen LogP contribution is 2.32. The highest BCUT2D eigenvalue weighted by molar-refractivity contribution is 7.16. The molecule has 5 nitrogen and oxygen atoms in total. The fraction of sp³-hybridized carbons (Fsp3) is 0.333. The molecule has 3 N–H and O–H groups in total. The Morgan fingerprint density at radius 3 is 2.40 bits per heavy atom. The Morgan fingerprint density at radius 1 is 1.33 bits per heavy atom. The molecule has 0 spiro atoms. The topological polar surface area (TPSA) is 78.4 Å². The number of aryl methyl sites for hydroxylation is 1. The predicted octanol–water partition coefficient (Wildman–Crippen LogP) is 1.81. The molecule has 1 rings (SSSR count). The van der Waals surface area contributed by atoms with Gasteiger partial charge in [-0.25, -0.2) is 9.59 Å². The maximum Gasteiger partial charge on any atom is 0.338 e. The maximum atomic E-state index is 11.1. The lowest BCUT2D eigenvalue weighted by atomic mass is 10.1. The average Bonchev–Trinajstić information content (AvgIpc) is 2.42. The molecule has 0 unspecified atom stereocenters. The predicted molar refractivity (Wildman–Crippen MR) is 58.8 cm³/mol. The Kier molecular flexibility index (Phi) is 3.31. The number of nitrogens with one attached hydrogen (secondary N) is 2. The molecular weight excluding hydrogens is 216 g/mol. The number of carboxylic acids is 1. The Labute approximate surface area is 91.1 Å². The van der Waals surface area contributed by atoms with Crippen LogP contribution in [0.4, 0.5) is 9.80 Å². The second-order valence-electron chi connectivity index (χ2n) is 3.00. The van der Waals surface area contributed by atoms with Crippen molar-refractivity contribution in [3.05, 3.63) is 16.0 Å². The van der Waals surface area contributed by atoms with E-state index in [1.807, 2.05) is 6.92 Å². The van der Waals surface area contributed by atoms with E-state index in [2.05, 4.69) is 10.6 Å². The van der Waals surface area contributed by atoms with Crippen LogP contribution < -0.4 is 10.6 Å². The lowest BCUT2D eigenvalue weighted by Gasteiger charge is -2.02. The number of rotatable bonds is 2. The van der Waals surface area contributed by atoms with Crippen molar-refractivity contribution in [2.75, 3.05) is 12.4 Å². The molecule has 0 aliphatic heterocycles. The molecule has 15 heavy (non-hydrogen) atoms. The zero-order valence-corrected chi connectivity index (χ0v) is 9.49. The van der Waals surface area contributed by atoms with Crippen molar-refractivity contribution in [2.24, 2.45) is 0 Å². The smallest absolute Gasteiger partial charge is 0.338 e. The van der Waals surface area contributed by atoms with Crippen molar-refractivity contribution in [3.8, 4) is 0 Å². The molecule has 1 aromatic heterocycles. The van der Waals surface area contributed by atoms with Crippen LogP contribution in [-0.4, -0.2) is 24.2 Å². The van der Waals surface area contributed by atoms with Gasteiger partial charge in [-0.2, -0.15) is 0 Å². The largest absolute Gasteiger partial charge is 0.478 e. The summed E-state index contributed by atoms with van der Waals surface area (Å²) in [5.74, 6) is -1.02. The average molecular weight is 228 g/mol. The minimum absolute atomic E-state index is 0.168. The minimum atomic E-state index is -1.02. The van der Waals surface area contributed by atoms with Crippen molar-refractivity contribution >= 4 is 28.3 Å². The SMILES string of the molecule is CNC(=O)Nc1sc(C)c(C)c1C(=O)O. The number of urea groups is 1. The second-order valence-corrected chi connectivity index (χ2v) is 4.22. The van der Waals surface area contributed by atoms with Crippen LogP contribution in [-0.2, 0) is 0 Å². The van der Waals surface area contributed by atoms with E-state index in [9.17, 15) is 9.59 Å². The standard InChI is InChI=1S/C9H12N2O3S/c1-4-5(2)15-7(6(4)8(12)13)11-9(14)10-3/h1-3H3,(H,12,13)(H2,10,11,14). The molecule has 0 radical (unpaired) electrons. The van der Waals surface area contributed by atoms with Crippen LogP contribution in [0.15, 0.2) is 0 Å². The van der Waals surface area contributed by atoms with Gasteiger partial charge in [0.15, 0.2) is 0 Å². The highest BCUT2D eigenvalue weighted by Gasteiger charge is 2.19. The van der Waals surface area contributed by atoms with E-state index in [-0.39, 0.29) is 5.56 Å². The van der Waals surface area contributed by atoms with Crippen LogP contribution in [0, 0.1) is 13.8 Å². The van der Waals surface area contributed by atoms with E-state index >= 15 is 0 Å². The number of hydrogen-bond donors (Lipinski definition) is 3. The first-order valence-corrected chi connectivity index (χ1v) is 5.11. The molecule has 0 atom stereocenters. The number of anilines is 1. The molecule has 0 saturated heterocycles. The molecule has 82 valence electrons. The van der Waals surface area contributed by atoms with E-state index in [1.165, 1.54) is 18.4 Å². The van der Waals surface area contributed by atoms with Gasteiger partial charge in [-0.05, 0) is 19.4 Å². The van der Waals surface area contributed by atoms with Crippen molar-refractivity contribution in [1.29, 1.82) is 0 Å². The third-order valence-electron chi connectivity index (χ3n) is 2.05. The molecule has 6 heteroatoms. The molecular formula is C9H12N2O3S. The van der Waals surface area contributed by atoms with Gasteiger partial charge >= 0.3 is 12.0 Å². The van der Waals surface area contributed by atoms with E-state index < -0.39 is 12.0 Å². The molecule has 0 bridgehead atoms. The number of carbonyl (C=O) groups is 2. The summed E-state index contributed by atoms with van der Waals surface area (Å²) < 4.78 is 0. The van der Waals surface area contributed by atoms with Crippen molar-refractivity contribution in [2.45, 2.75) is 13.8 Å². The fourth-order valence-electron chi connectivity index (χ4n) is 1.14. The summed E-state index contributed by atoms with van der Waals surface area (Å²) >= 11 is 1.26. The first-order valence-electron chi connectivity index (χ1n) is 4.29. The quantitative estimate of drug-likeness (QED) is 0.722. The zero-order valence-electron chi connectivity index (χ0n) is 8.67. The van der Waals surface area contributed by atoms with Gasteiger partial charge in [0.2, 0.25) is 0 Å². The van der Waals surface area contributed by atoms with Gasteiger partial charge < -0.3 is 10.4 Å². The van der Waals surface area contributed by atoms with Crippen LogP contribution in [0.2, 0.25) is 0 Å². The van der Waals surface area contributed by atoms with Crippen LogP contribution in [0.5, 0.6) is 0 Å². The van der Waals surface area contributed by atoms with E-state index in [0.29, 0.717) is 10.6 Å². The van der Waals surface area contributed by atoms with Crippen molar-refractivity contribution < 1.29 is 14.7 Å². The Morgan fingerprint density at radius 2 is 1.93 bits per heavy atom. The number of carboxylic acid groups (broad SMARTS) is 1. The monoisotopic (exact) mass is 228 g/mol. The first kappa shape index (κ1) is 11.5. The molecule has 0 aromatic carbocycles. The number of aromatic carboxylic acids is 1. The maximum absolute atomic E-state index is 11.1. The van der Waals surface area contributed by atoms with Gasteiger partial charge in [0.05, 0.1) is 5.56 Å².